The normalized spacial score (nSPS) is 27.4. The molecule has 0 aromatic heterocycles. The topological polar surface area (TPSA) is 75.4 Å². The molecule has 0 saturated carbocycles. The van der Waals surface area contributed by atoms with Crippen molar-refractivity contribution in [1.29, 1.82) is 0 Å². The van der Waals surface area contributed by atoms with Crippen molar-refractivity contribution in [3.8, 4) is 0 Å². The van der Waals surface area contributed by atoms with Gasteiger partial charge in [0.2, 0.25) is 5.91 Å². The second kappa shape index (κ2) is 8.41. The summed E-state index contributed by atoms with van der Waals surface area (Å²) in [6.07, 6.45) is 4.92. The largest absolute Gasteiger partial charge is 0.336 e. The third kappa shape index (κ3) is 4.79. The number of carbonyl (C=O) groups excluding carboxylic acids is 1. The first-order valence-corrected chi connectivity index (χ1v) is 11.2. The van der Waals surface area contributed by atoms with Gasteiger partial charge < -0.3 is 10.6 Å². The number of amides is 1. The van der Waals surface area contributed by atoms with Crippen LogP contribution in [0.1, 0.15) is 52.0 Å². The molecule has 1 amide bonds. The number of hydrogen-bond donors (Lipinski definition) is 2. The Bertz CT molecular complexity index is 660. The van der Waals surface area contributed by atoms with Crippen LogP contribution in [-0.4, -0.2) is 44.4 Å². The molecule has 1 unspecified atom stereocenters. The van der Waals surface area contributed by atoms with Crippen molar-refractivity contribution in [1.82, 2.24) is 9.62 Å². The molecule has 3 N–H and O–H groups in total. The Balaban J connectivity index is 1.77. The second-order valence-electron chi connectivity index (χ2n) is 8.92. The predicted octanol–water partition coefficient (Wildman–Crippen LogP) is 2.38. The van der Waals surface area contributed by atoms with Crippen molar-refractivity contribution < 1.29 is 9.00 Å². The van der Waals surface area contributed by atoms with Gasteiger partial charge in [0.1, 0.15) is 0 Å². The van der Waals surface area contributed by atoms with E-state index in [0.717, 1.165) is 32.1 Å². The Morgan fingerprint density at radius 1 is 1.22 bits per heavy atom. The van der Waals surface area contributed by atoms with E-state index >= 15 is 0 Å². The minimum Gasteiger partial charge on any atom is -0.336 e. The fourth-order valence-corrected chi connectivity index (χ4v) is 5.45. The molecule has 5 nitrogen and oxygen atoms in total. The molecule has 3 rings (SSSR count). The SMILES string of the molecule is CC(C)(C)[S@](=O)N[C@@H](Cc1ccccc1)C1C[C@H]2CC[C@@H](C1)N2C(=O)CN. The summed E-state index contributed by atoms with van der Waals surface area (Å²) in [4.78, 5) is 14.3. The maximum absolute atomic E-state index is 12.8. The Morgan fingerprint density at radius 2 is 1.81 bits per heavy atom. The lowest BCUT2D eigenvalue weighted by atomic mass is 9.82. The highest BCUT2D eigenvalue weighted by molar-refractivity contribution is 7.84. The average Bonchev–Trinajstić information content (AvgIpc) is 2.90. The van der Waals surface area contributed by atoms with E-state index in [1.807, 2.05) is 31.7 Å². The summed E-state index contributed by atoms with van der Waals surface area (Å²) in [6.45, 7) is 6.10. The lowest BCUT2D eigenvalue weighted by Crippen LogP contribution is -2.53. The molecule has 2 heterocycles. The zero-order valence-electron chi connectivity index (χ0n) is 16.7. The predicted molar refractivity (Wildman–Crippen MR) is 110 cm³/mol. The fraction of sp³-hybridized carbons (Fsp3) is 0.667. The Kier molecular flexibility index (Phi) is 6.39. The molecule has 2 aliphatic rings. The summed E-state index contributed by atoms with van der Waals surface area (Å²) in [7, 11) is -1.11. The highest BCUT2D eigenvalue weighted by Crippen LogP contribution is 2.40. The third-order valence-electron chi connectivity index (χ3n) is 5.91. The maximum atomic E-state index is 12.8. The molecule has 150 valence electrons. The molecule has 27 heavy (non-hydrogen) atoms. The number of fused-ring (bicyclic) bond motifs is 2. The molecule has 2 saturated heterocycles. The van der Waals surface area contributed by atoms with Gasteiger partial charge in [0.25, 0.3) is 0 Å². The van der Waals surface area contributed by atoms with Crippen molar-refractivity contribution in [2.75, 3.05) is 6.54 Å². The smallest absolute Gasteiger partial charge is 0.236 e. The van der Waals surface area contributed by atoms with Crippen molar-refractivity contribution in [3.05, 3.63) is 35.9 Å². The summed E-state index contributed by atoms with van der Waals surface area (Å²) in [5.74, 6) is 0.489. The molecule has 0 spiro atoms. The highest BCUT2D eigenvalue weighted by atomic mass is 32.2. The summed E-state index contributed by atoms with van der Waals surface area (Å²) >= 11 is 0. The lowest BCUT2D eigenvalue weighted by Gasteiger charge is -2.42. The molecule has 1 aromatic carbocycles. The molecular formula is C21H33N3O2S. The molecule has 2 aliphatic heterocycles. The number of carbonyl (C=O) groups is 1. The van der Waals surface area contributed by atoms with Crippen molar-refractivity contribution in [2.24, 2.45) is 11.7 Å². The first-order valence-electron chi connectivity index (χ1n) is 10.0. The van der Waals surface area contributed by atoms with Crippen LogP contribution in [0.3, 0.4) is 0 Å². The molecule has 1 aromatic rings. The average molecular weight is 392 g/mol. The highest BCUT2D eigenvalue weighted by Gasteiger charge is 2.45. The van der Waals surface area contributed by atoms with E-state index in [0.29, 0.717) is 5.92 Å². The van der Waals surface area contributed by atoms with Gasteiger partial charge >= 0.3 is 0 Å². The van der Waals surface area contributed by atoms with Gasteiger partial charge in [-0.3, -0.25) is 4.79 Å². The van der Waals surface area contributed by atoms with Crippen molar-refractivity contribution >= 4 is 16.9 Å². The van der Waals surface area contributed by atoms with Crippen molar-refractivity contribution in [2.45, 2.75) is 75.7 Å². The molecule has 5 atom stereocenters. The summed E-state index contributed by atoms with van der Waals surface area (Å²) < 4.78 is 16.0. The van der Waals surface area contributed by atoms with Gasteiger partial charge in [-0.25, -0.2) is 8.93 Å². The van der Waals surface area contributed by atoms with Gasteiger partial charge in [-0.1, -0.05) is 30.3 Å². The number of benzene rings is 1. The van der Waals surface area contributed by atoms with Gasteiger partial charge in [0.15, 0.2) is 0 Å². The number of nitrogens with one attached hydrogen (secondary N) is 1. The fourth-order valence-electron chi connectivity index (χ4n) is 4.55. The van der Waals surface area contributed by atoms with Crippen LogP contribution < -0.4 is 10.5 Å². The molecule has 0 aliphatic carbocycles. The Morgan fingerprint density at radius 3 is 2.33 bits per heavy atom. The number of nitrogens with zero attached hydrogens (tertiary/aromatic N) is 1. The van der Waals surface area contributed by atoms with E-state index in [1.165, 1.54) is 5.56 Å². The van der Waals surface area contributed by atoms with Gasteiger partial charge in [-0.15, -0.1) is 0 Å². The van der Waals surface area contributed by atoms with Crippen LogP contribution in [0.2, 0.25) is 0 Å². The number of rotatable bonds is 6. The number of hydrogen-bond acceptors (Lipinski definition) is 3. The zero-order chi connectivity index (χ0) is 19.6. The van der Waals surface area contributed by atoms with E-state index in [4.69, 9.17) is 5.73 Å². The summed E-state index contributed by atoms with van der Waals surface area (Å²) in [6, 6.07) is 11.1. The van der Waals surface area contributed by atoms with Gasteiger partial charge in [0, 0.05) is 18.1 Å². The molecule has 6 heteroatoms. The number of piperidine rings is 1. The van der Waals surface area contributed by atoms with E-state index in [2.05, 4.69) is 29.0 Å². The number of nitrogens with two attached hydrogens (primary N) is 1. The van der Waals surface area contributed by atoms with Crippen molar-refractivity contribution in [3.63, 3.8) is 0 Å². The van der Waals surface area contributed by atoms with Crippen LogP contribution in [0.5, 0.6) is 0 Å². The zero-order valence-corrected chi connectivity index (χ0v) is 17.5. The van der Waals surface area contributed by atoms with Gasteiger partial charge in [-0.2, -0.15) is 0 Å². The molecule has 2 bridgehead atoms. The molecular weight excluding hydrogens is 358 g/mol. The Labute approximate surface area is 165 Å². The van der Waals surface area contributed by atoms with E-state index < -0.39 is 11.0 Å². The standard InChI is InChI=1S/C21H33N3O2S/c1-21(2,3)27(26)23-19(11-15-7-5-4-6-8-15)16-12-17-9-10-18(13-16)24(17)20(25)14-22/h4-8,16-19,23H,9-14,22H2,1-3H3/t16?,17-,18+,19-,27-/m0/s1. The lowest BCUT2D eigenvalue weighted by molar-refractivity contribution is -0.135. The molecule has 2 fully saturated rings. The van der Waals surface area contributed by atoms with Crippen LogP contribution in [0.15, 0.2) is 30.3 Å². The summed E-state index contributed by atoms with van der Waals surface area (Å²) in [5, 5.41) is 0. The van der Waals surface area contributed by atoms with E-state index in [9.17, 15) is 9.00 Å². The molecule has 0 radical (unpaired) electrons. The first kappa shape index (κ1) is 20.5. The minimum absolute atomic E-state index is 0.0757. The third-order valence-corrected chi connectivity index (χ3v) is 7.54. The maximum Gasteiger partial charge on any atom is 0.236 e. The van der Waals surface area contributed by atoms with Gasteiger partial charge in [0.05, 0.1) is 22.3 Å². The second-order valence-corrected chi connectivity index (χ2v) is 10.9. The quantitative estimate of drug-likeness (QED) is 0.782. The van der Waals surface area contributed by atoms with Crippen LogP contribution in [0.25, 0.3) is 0 Å². The van der Waals surface area contributed by atoms with Crippen LogP contribution in [0, 0.1) is 5.92 Å². The van der Waals surface area contributed by atoms with Crippen LogP contribution in [-0.2, 0) is 22.2 Å². The minimum atomic E-state index is -1.11. The van der Waals surface area contributed by atoms with Crippen LogP contribution in [0.4, 0.5) is 0 Å². The van der Waals surface area contributed by atoms with E-state index in [-0.39, 0.29) is 35.3 Å². The van der Waals surface area contributed by atoms with E-state index in [1.54, 1.807) is 0 Å². The Hall–Kier alpha value is -1.24. The monoisotopic (exact) mass is 391 g/mol. The summed E-state index contributed by atoms with van der Waals surface area (Å²) in [5.41, 5.74) is 6.88. The van der Waals surface area contributed by atoms with Crippen LogP contribution >= 0.6 is 0 Å². The first-order chi connectivity index (χ1) is 12.8. The van der Waals surface area contributed by atoms with Gasteiger partial charge in [-0.05, 0) is 64.4 Å².